The molecule has 0 saturated carbocycles. The largest absolute Gasteiger partial charge is 0.307 e. The molecule has 3 aromatic rings. The predicted molar refractivity (Wildman–Crippen MR) is 105 cm³/mol. The second-order valence-corrected chi connectivity index (χ2v) is 6.70. The van der Waals surface area contributed by atoms with Crippen LogP contribution in [0.25, 0.3) is 11.9 Å². The van der Waals surface area contributed by atoms with Gasteiger partial charge in [0.15, 0.2) is 5.82 Å². The lowest BCUT2D eigenvalue weighted by atomic mass is 10.2. The van der Waals surface area contributed by atoms with Crippen molar-refractivity contribution in [3.63, 3.8) is 0 Å². The first-order valence-electron chi connectivity index (χ1n) is 7.55. The molecule has 1 aromatic carbocycles. The van der Waals surface area contributed by atoms with Crippen LogP contribution in [0.5, 0.6) is 0 Å². The van der Waals surface area contributed by atoms with Crippen molar-refractivity contribution >= 4 is 52.6 Å². The zero-order valence-electron chi connectivity index (χ0n) is 13.6. The van der Waals surface area contributed by atoms with E-state index in [4.69, 9.17) is 34.8 Å². The third kappa shape index (κ3) is 4.43. The summed E-state index contributed by atoms with van der Waals surface area (Å²) in [6.07, 6.45) is 4.54. The second-order valence-electron chi connectivity index (χ2n) is 5.42. The highest BCUT2D eigenvalue weighted by molar-refractivity contribution is 6.35. The summed E-state index contributed by atoms with van der Waals surface area (Å²) in [5, 5.41) is 8.43. The monoisotopic (exact) mass is 406 g/mol. The first kappa shape index (κ1) is 18.5. The number of nitrogens with one attached hydrogen (secondary N) is 1. The normalized spacial score (nSPS) is 11.1. The van der Waals surface area contributed by atoms with Crippen LogP contribution in [0.15, 0.2) is 48.7 Å². The molecule has 2 aromatic heterocycles. The van der Waals surface area contributed by atoms with Crippen LogP contribution in [0.2, 0.25) is 15.1 Å². The van der Waals surface area contributed by atoms with Gasteiger partial charge in [-0.3, -0.25) is 4.79 Å². The molecule has 0 atom stereocenters. The summed E-state index contributed by atoms with van der Waals surface area (Å²) in [5.74, 6) is 0.495. The van der Waals surface area contributed by atoms with Crippen molar-refractivity contribution in [2.24, 2.45) is 0 Å². The minimum absolute atomic E-state index is 0.323. The van der Waals surface area contributed by atoms with E-state index in [1.54, 1.807) is 37.3 Å². The van der Waals surface area contributed by atoms with Gasteiger partial charge >= 0.3 is 0 Å². The lowest BCUT2D eigenvalue weighted by Crippen LogP contribution is -2.13. The maximum absolute atomic E-state index is 12.3. The van der Waals surface area contributed by atoms with Gasteiger partial charge in [0, 0.05) is 23.4 Å². The molecule has 8 heteroatoms. The number of hydrogen-bond donors (Lipinski definition) is 1. The quantitative estimate of drug-likeness (QED) is 0.606. The zero-order valence-corrected chi connectivity index (χ0v) is 15.8. The van der Waals surface area contributed by atoms with E-state index in [0.29, 0.717) is 32.4 Å². The minimum Gasteiger partial charge on any atom is -0.307 e. The van der Waals surface area contributed by atoms with Gasteiger partial charge in [-0.05, 0) is 36.8 Å². The SMILES string of the molecule is Cc1cc(NC(=O)/C=C/c2cccc(Cl)c2)n(-c2ncc(Cl)cc2Cl)n1. The molecule has 2 heterocycles. The van der Waals surface area contributed by atoms with Gasteiger partial charge in [0.1, 0.15) is 5.82 Å². The van der Waals surface area contributed by atoms with Crippen LogP contribution in [0.1, 0.15) is 11.3 Å². The standard InChI is InChI=1S/C18H13Cl3N4O/c1-11-7-16(25(24-11)18-15(21)9-14(20)10-22-18)23-17(26)6-5-12-3-2-4-13(19)8-12/h2-10H,1H3,(H,23,26)/b6-5+. The Morgan fingerprint density at radius 3 is 2.69 bits per heavy atom. The molecule has 0 aliphatic rings. The number of hydrogen-bond acceptors (Lipinski definition) is 3. The fourth-order valence-electron chi connectivity index (χ4n) is 2.26. The Labute approximate surface area is 165 Å². The summed E-state index contributed by atoms with van der Waals surface area (Å²) in [6.45, 7) is 1.80. The van der Waals surface area contributed by atoms with Crippen molar-refractivity contribution in [1.29, 1.82) is 0 Å². The number of pyridine rings is 1. The molecular weight excluding hydrogens is 395 g/mol. The summed E-state index contributed by atoms with van der Waals surface area (Å²) in [4.78, 5) is 16.4. The Morgan fingerprint density at radius 1 is 1.15 bits per heavy atom. The molecule has 0 aliphatic carbocycles. The summed E-state index contributed by atoms with van der Waals surface area (Å²) in [7, 11) is 0. The zero-order chi connectivity index (χ0) is 18.7. The van der Waals surface area contributed by atoms with Crippen LogP contribution < -0.4 is 5.32 Å². The highest BCUT2D eigenvalue weighted by atomic mass is 35.5. The van der Waals surface area contributed by atoms with E-state index in [1.807, 2.05) is 12.1 Å². The highest BCUT2D eigenvalue weighted by Gasteiger charge is 2.14. The lowest BCUT2D eigenvalue weighted by molar-refractivity contribution is -0.111. The Morgan fingerprint density at radius 2 is 1.96 bits per heavy atom. The van der Waals surface area contributed by atoms with Crippen molar-refractivity contribution in [3.05, 3.63) is 75.0 Å². The van der Waals surface area contributed by atoms with Gasteiger partial charge in [-0.2, -0.15) is 9.78 Å². The van der Waals surface area contributed by atoms with Crippen LogP contribution in [-0.4, -0.2) is 20.7 Å². The van der Waals surface area contributed by atoms with Gasteiger partial charge in [-0.15, -0.1) is 0 Å². The molecule has 0 unspecified atom stereocenters. The van der Waals surface area contributed by atoms with Gasteiger partial charge in [0.25, 0.3) is 0 Å². The Bertz CT molecular complexity index is 998. The summed E-state index contributed by atoms with van der Waals surface area (Å²) < 4.78 is 1.46. The third-order valence-corrected chi connectivity index (χ3v) is 4.07. The fraction of sp³-hybridized carbons (Fsp3) is 0.0556. The number of carbonyl (C=O) groups is 1. The molecular formula is C18H13Cl3N4O. The van der Waals surface area contributed by atoms with Gasteiger partial charge in [0.05, 0.1) is 15.7 Å². The van der Waals surface area contributed by atoms with E-state index < -0.39 is 0 Å². The molecule has 132 valence electrons. The Hall–Kier alpha value is -2.34. The van der Waals surface area contributed by atoms with Crippen LogP contribution in [-0.2, 0) is 4.79 Å². The molecule has 0 radical (unpaired) electrons. The van der Waals surface area contributed by atoms with Crippen LogP contribution >= 0.6 is 34.8 Å². The first-order chi connectivity index (χ1) is 12.4. The molecule has 26 heavy (non-hydrogen) atoms. The number of aryl methyl sites for hydroxylation is 1. The van der Waals surface area contributed by atoms with E-state index in [2.05, 4.69) is 15.4 Å². The molecule has 5 nitrogen and oxygen atoms in total. The number of amides is 1. The van der Waals surface area contributed by atoms with E-state index >= 15 is 0 Å². The van der Waals surface area contributed by atoms with Crippen molar-refractivity contribution in [2.75, 3.05) is 5.32 Å². The third-order valence-electron chi connectivity index (χ3n) is 3.35. The predicted octanol–water partition coefficient (Wildman–Crippen LogP) is 5.19. The van der Waals surface area contributed by atoms with E-state index in [1.165, 1.54) is 17.0 Å². The van der Waals surface area contributed by atoms with Gasteiger partial charge in [0.2, 0.25) is 5.91 Å². The average molecular weight is 408 g/mol. The smallest absolute Gasteiger partial charge is 0.249 e. The van der Waals surface area contributed by atoms with Crippen LogP contribution in [0, 0.1) is 6.92 Å². The lowest BCUT2D eigenvalue weighted by Gasteiger charge is -2.08. The fourth-order valence-corrected chi connectivity index (χ4v) is 2.92. The van der Waals surface area contributed by atoms with E-state index in [9.17, 15) is 4.79 Å². The Balaban J connectivity index is 1.83. The summed E-state index contributed by atoms with van der Waals surface area (Å²) >= 11 is 18.0. The number of carbonyl (C=O) groups excluding carboxylic acids is 1. The number of rotatable bonds is 4. The molecule has 0 bridgehead atoms. The number of benzene rings is 1. The van der Waals surface area contributed by atoms with Crippen molar-refractivity contribution in [2.45, 2.75) is 6.92 Å². The first-order valence-corrected chi connectivity index (χ1v) is 8.68. The Kier molecular flexibility index (Phi) is 5.61. The van der Waals surface area contributed by atoms with E-state index in [0.717, 1.165) is 5.56 Å². The van der Waals surface area contributed by atoms with E-state index in [-0.39, 0.29) is 5.91 Å². The molecule has 0 saturated heterocycles. The average Bonchev–Trinajstić information content (AvgIpc) is 2.93. The minimum atomic E-state index is -0.323. The number of nitrogens with zero attached hydrogens (tertiary/aromatic N) is 3. The number of aromatic nitrogens is 3. The number of halogens is 3. The molecule has 0 fully saturated rings. The molecule has 0 spiro atoms. The van der Waals surface area contributed by atoms with Crippen molar-refractivity contribution < 1.29 is 4.79 Å². The summed E-state index contributed by atoms with van der Waals surface area (Å²) in [5.41, 5.74) is 1.52. The molecule has 0 aliphatic heterocycles. The molecule has 1 amide bonds. The topological polar surface area (TPSA) is 59.8 Å². The summed E-state index contributed by atoms with van der Waals surface area (Å²) in [6, 6.07) is 10.5. The van der Waals surface area contributed by atoms with Crippen LogP contribution in [0.3, 0.4) is 0 Å². The maximum atomic E-state index is 12.3. The number of anilines is 1. The van der Waals surface area contributed by atoms with Crippen molar-refractivity contribution in [3.8, 4) is 5.82 Å². The van der Waals surface area contributed by atoms with Gasteiger partial charge in [-0.25, -0.2) is 4.98 Å². The second kappa shape index (κ2) is 7.91. The van der Waals surface area contributed by atoms with Crippen molar-refractivity contribution in [1.82, 2.24) is 14.8 Å². The molecule has 1 N–H and O–H groups in total. The highest BCUT2D eigenvalue weighted by Crippen LogP contribution is 2.25. The maximum Gasteiger partial charge on any atom is 0.249 e. The van der Waals surface area contributed by atoms with Crippen LogP contribution in [0.4, 0.5) is 5.82 Å². The van der Waals surface area contributed by atoms with Gasteiger partial charge < -0.3 is 5.32 Å². The van der Waals surface area contributed by atoms with Gasteiger partial charge in [-0.1, -0.05) is 46.9 Å². The molecule has 3 rings (SSSR count).